The molecule has 2 heterocycles. The second-order valence-electron chi connectivity index (χ2n) is 5.29. The van der Waals surface area contributed by atoms with Crippen molar-refractivity contribution in [2.24, 2.45) is 5.92 Å². The van der Waals surface area contributed by atoms with E-state index in [2.05, 4.69) is 35.5 Å². The van der Waals surface area contributed by atoms with Crippen molar-refractivity contribution in [3.63, 3.8) is 0 Å². The van der Waals surface area contributed by atoms with Crippen LogP contribution in [-0.2, 0) is 11.2 Å². The number of benzene rings is 1. The van der Waals surface area contributed by atoms with Gasteiger partial charge in [0.25, 0.3) is 0 Å². The highest BCUT2D eigenvalue weighted by Gasteiger charge is 2.30. The van der Waals surface area contributed by atoms with Gasteiger partial charge in [0.15, 0.2) is 0 Å². The number of nitrogens with zero attached hydrogens (tertiary/aromatic N) is 1. The molecule has 1 aromatic carbocycles. The number of hydrogen-bond acceptors (Lipinski definition) is 3. The van der Waals surface area contributed by atoms with Crippen LogP contribution in [0.4, 0.5) is 5.69 Å². The van der Waals surface area contributed by atoms with Gasteiger partial charge in [0.1, 0.15) is 0 Å². The fourth-order valence-electron chi connectivity index (χ4n) is 2.98. The quantitative estimate of drug-likeness (QED) is 0.828. The Balaban J connectivity index is 1.80. The van der Waals surface area contributed by atoms with E-state index in [0.717, 1.165) is 13.0 Å². The molecule has 2 aliphatic heterocycles. The fraction of sp³-hybridized carbons (Fsp3) is 0.500. The predicted molar refractivity (Wildman–Crippen MR) is 69.9 cm³/mol. The Morgan fingerprint density at radius 1 is 1.50 bits per heavy atom. The molecule has 0 bridgehead atoms. The van der Waals surface area contributed by atoms with Crippen molar-refractivity contribution in [2.75, 3.05) is 25.0 Å². The van der Waals surface area contributed by atoms with Crippen molar-refractivity contribution in [1.29, 1.82) is 0 Å². The summed E-state index contributed by atoms with van der Waals surface area (Å²) >= 11 is 0. The Kier molecular flexibility index (Phi) is 2.74. The zero-order valence-electron chi connectivity index (χ0n) is 10.5. The van der Waals surface area contributed by atoms with Crippen molar-refractivity contribution in [2.45, 2.75) is 18.9 Å². The molecule has 1 fully saturated rings. The molecule has 2 atom stereocenters. The zero-order valence-corrected chi connectivity index (χ0v) is 10.5. The fourth-order valence-corrected chi connectivity index (χ4v) is 2.98. The molecule has 1 aromatic rings. The number of likely N-dealkylation sites (N-methyl/N-ethyl adjacent to an activating group) is 1. The molecule has 2 N–H and O–H groups in total. The van der Waals surface area contributed by atoms with Crippen molar-refractivity contribution in [3.8, 4) is 0 Å². The zero-order chi connectivity index (χ0) is 12.7. The van der Waals surface area contributed by atoms with Gasteiger partial charge in [-0.2, -0.15) is 0 Å². The van der Waals surface area contributed by atoms with Gasteiger partial charge in [0, 0.05) is 31.9 Å². The Hall–Kier alpha value is -1.55. The smallest absolute Gasteiger partial charge is 0.307 e. The van der Waals surface area contributed by atoms with E-state index in [-0.39, 0.29) is 12.0 Å². The van der Waals surface area contributed by atoms with Gasteiger partial charge < -0.3 is 15.3 Å². The molecule has 2 aliphatic rings. The normalized spacial score (nSPS) is 26.4. The first-order chi connectivity index (χ1) is 8.65. The topological polar surface area (TPSA) is 52.6 Å². The van der Waals surface area contributed by atoms with E-state index in [9.17, 15) is 4.79 Å². The summed E-state index contributed by atoms with van der Waals surface area (Å²) in [6, 6.07) is 6.72. The first kappa shape index (κ1) is 11.5. The van der Waals surface area contributed by atoms with Gasteiger partial charge in [-0.05, 0) is 30.0 Å². The summed E-state index contributed by atoms with van der Waals surface area (Å²) in [5, 5.41) is 12.3. The molecule has 3 rings (SSSR count). The van der Waals surface area contributed by atoms with Crippen LogP contribution in [0.5, 0.6) is 0 Å². The number of rotatable bonds is 2. The van der Waals surface area contributed by atoms with Gasteiger partial charge in [0.2, 0.25) is 0 Å². The number of carboxylic acids is 1. The number of carboxylic acid groups (broad SMARTS) is 1. The van der Waals surface area contributed by atoms with Gasteiger partial charge in [-0.15, -0.1) is 0 Å². The highest BCUT2D eigenvalue weighted by Crippen LogP contribution is 2.33. The summed E-state index contributed by atoms with van der Waals surface area (Å²) in [7, 11) is 2.11. The highest BCUT2D eigenvalue weighted by atomic mass is 16.4. The molecule has 0 aliphatic carbocycles. The third kappa shape index (κ3) is 1.86. The maximum atomic E-state index is 11.0. The lowest BCUT2D eigenvalue weighted by atomic mass is 9.98. The molecule has 4 heteroatoms. The first-order valence-electron chi connectivity index (χ1n) is 6.45. The third-order valence-electron chi connectivity index (χ3n) is 4.11. The second kappa shape index (κ2) is 4.28. The van der Waals surface area contributed by atoms with Crippen molar-refractivity contribution >= 4 is 11.7 Å². The first-order valence-corrected chi connectivity index (χ1v) is 6.45. The Labute approximate surface area is 107 Å². The van der Waals surface area contributed by atoms with E-state index in [1.165, 1.54) is 16.8 Å². The largest absolute Gasteiger partial charge is 0.481 e. The summed E-state index contributed by atoms with van der Waals surface area (Å²) in [6.45, 7) is 1.66. The number of fused-ring (bicyclic) bond motifs is 1. The minimum Gasteiger partial charge on any atom is -0.481 e. The van der Waals surface area contributed by atoms with Crippen LogP contribution in [0.2, 0.25) is 0 Å². The van der Waals surface area contributed by atoms with Gasteiger partial charge in [-0.3, -0.25) is 4.79 Å². The molecular formula is C14H18N2O2. The average Bonchev–Trinajstić information content (AvgIpc) is 2.96. The lowest BCUT2D eigenvalue weighted by Gasteiger charge is -2.15. The maximum Gasteiger partial charge on any atom is 0.307 e. The Morgan fingerprint density at radius 2 is 2.33 bits per heavy atom. The highest BCUT2D eigenvalue weighted by molar-refractivity contribution is 5.71. The summed E-state index contributed by atoms with van der Waals surface area (Å²) in [4.78, 5) is 13.2. The monoisotopic (exact) mass is 246 g/mol. The minimum absolute atomic E-state index is 0.197. The molecule has 0 saturated carbocycles. The van der Waals surface area contributed by atoms with Gasteiger partial charge in [-0.25, -0.2) is 0 Å². The third-order valence-corrected chi connectivity index (χ3v) is 4.11. The average molecular weight is 246 g/mol. The van der Waals surface area contributed by atoms with Crippen LogP contribution in [-0.4, -0.2) is 31.2 Å². The molecule has 0 spiro atoms. The van der Waals surface area contributed by atoms with Crippen LogP contribution in [0.15, 0.2) is 18.2 Å². The van der Waals surface area contributed by atoms with Crippen LogP contribution in [0.3, 0.4) is 0 Å². The Bertz CT molecular complexity index is 487. The van der Waals surface area contributed by atoms with E-state index in [4.69, 9.17) is 5.11 Å². The summed E-state index contributed by atoms with van der Waals surface area (Å²) in [6.07, 6.45) is 1.79. The van der Waals surface area contributed by atoms with Crippen LogP contribution >= 0.6 is 0 Å². The van der Waals surface area contributed by atoms with Gasteiger partial charge >= 0.3 is 5.97 Å². The number of nitrogens with one attached hydrogen (secondary N) is 1. The van der Waals surface area contributed by atoms with E-state index in [0.29, 0.717) is 13.0 Å². The molecule has 4 nitrogen and oxygen atoms in total. The van der Waals surface area contributed by atoms with Crippen LogP contribution in [0, 0.1) is 5.92 Å². The van der Waals surface area contributed by atoms with Crippen LogP contribution in [0.25, 0.3) is 0 Å². The standard InChI is InChI=1S/C14H18N2O2/c1-16-5-4-10-6-9(2-3-13(10)16)12-7-11(8-15-12)14(17)18/h2-3,6,11-12,15H,4-5,7-8H2,1H3,(H,17,18). The molecule has 18 heavy (non-hydrogen) atoms. The summed E-state index contributed by atoms with van der Waals surface area (Å²) in [5.74, 6) is -0.933. The number of hydrogen-bond donors (Lipinski definition) is 2. The van der Waals surface area contributed by atoms with Crippen molar-refractivity contribution < 1.29 is 9.90 Å². The van der Waals surface area contributed by atoms with Gasteiger partial charge in [-0.1, -0.05) is 12.1 Å². The van der Waals surface area contributed by atoms with Crippen LogP contribution < -0.4 is 10.2 Å². The second-order valence-corrected chi connectivity index (χ2v) is 5.29. The summed E-state index contributed by atoms with van der Waals surface area (Å²) < 4.78 is 0. The van der Waals surface area contributed by atoms with E-state index < -0.39 is 5.97 Å². The molecule has 1 saturated heterocycles. The lowest BCUT2D eigenvalue weighted by Crippen LogP contribution is -2.17. The van der Waals surface area contributed by atoms with Crippen molar-refractivity contribution in [1.82, 2.24) is 5.32 Å². The van der Waals surface area contributed by atoms with E-state index in [1.54, 1.807) is 0 Å². The molecule has 2 unspecified atom stereocenters. The van der Waals surface area contributed by atoms with Gasteiger partial charge in [0.05, 0.1) is 5.92 Å². The SMILES string of the molecule is CN1CCc2cc(C3CC(C(=O)O)CN3)ccc21. The van der Waals surface area contributed by atoms with E-state index >= 15 is 0 Å². The molecule has 0 radical (unpaired) electrons. The molecular weight excluding hydrogens is 228 g/mol. The molecule has 96 valence electrons. The number of carbonyl (C=O) groups is 1. The summed E-state index contributed by atoms with van der Waals surface area (Å²) in [5.41, 5.74) is 3.93. The minimum atomic E-state index is -0.689. The molecule has 0 amide bonds. The van der Waals surface area contributed by atoms with Crippen molar-refractivity contribution in [3.05, 3.63) is 29.3 Å². The number of anilines is 1. The molecule has 0 aromatic heterocycles. The Morgan fingerprint density at radius 3 is 3.06 bits per heavy atom. The maximum absolute atomic E-state index is 11.0. The predicted octanol–water partition coefficient (Wildman–Crippen LogP) is 1.41. The number of aliphatic carboxylic acids is 1. The van der Waals surface area contributed by atoms with E-state index in [1.807, 2.05) is 0 Å². The van der Waals surface area contributed by atoms with Crippen LogP contribution in [0.1, 0.15) is 23.6 Å². The lowest BCUT2D eigenvalue weighted by molar-refractivity contribution is -0.141.